The predicted molar refractivity (Wildman–Crippen MR) is 109 cm³/mol. The first-order valence-electron chi connectivity index (χ1n) is 9.43. The van der Waals surface area contributed by atoms with Gasteiger partial charge >= 0.3 is 0 Å². The molecule has 3 aromatic rings. The molecule has 1 saturated heterocycles. The number of hydrogen-bond donors (Lipinski definition) is 1. The van der Waals surface area contributed by atoms with Crippen LogP contribution in [0.3, 0.4) is 0 Å². The number of nitrogens with one attached hydrogen (secondary N) is 1. The molecule has 1 aliphatic rings. The normalized spacial score (nSPS) is 17.3. The molecule has 2 heterocycles. The average molecular weight is 364 g/mol. The number of nitrogens with zero attached hydrogens (tertiary/aromatic N) is 1. The van der Waals surface area contributed by atoms with Gasteiger partial charge in [-0.1, -0.05) is 0 Å². The van der Waals surface area contributed by atoms with E-state index in [9.17, 15) is 4.79 Å². The van der Waals surface area contributed by atoms with Crippen molar-refractivity contribution in [3.63, 3.8) is 0 Å². The molecule has 1 aromatic heterocycles. The number of rotatable bonds is 4. The van der Waals surface area contributed by atoms with Crippen LogP contribution in [-0.2, 0) is 0 Å². The Hall–Kier alpha value is -2.79. The summed E-state index contributed by atoms with van der Waals surface area (Å²) in [7, 11) is 0. The summed E-state index contributed by atoms with van der Waals surface area (Å²) in [5, 5.41) is 4.06. The van der Waals surface area contributed by atoms with Gasteiger partial charge in [0.2, 0.25) is 0 Å². The van der Waals surface area contributed by atoms with Gasteiger partial charge in [0.05, 0.1) is 12.0 Å². The van der Waals surface area contributed by atoms with Crippen LogP contribution in [0.5, 0.6) is 5.75 Å². The Morgan fingerprint density at radius 3 is 2.74 bits per heavy atom. The first-order chi connectivity index (χ1) is 13.1. The van der Waals surface area contributed by atoms with Crippen molar-refractivity contribution >= 4 is 16.7 Å². The maximum Gasteiger partial charge on any atom is 0.193 e. The zero-order valence-corrected chi connectivity index (χ0v) is 15.7. The van der Waals surface area contributed by atoms with Crippen LogP contribution in [0.4, 0.5) is 5.69 Å². The third kappa shape index (κ3) is 3.69. The Labute approximate surface area is 158 Å². The molecule has 5 nitrogen and oxygen atoms in total. The standard InChI is InChI=1S/C22H24N2O3/c1-3-26-18-7-4-16(5-8-18)22-13-20(25)19-12-17(6-9-21(19)27-22)24-11-10-23-15(2)14-24/h4-9,12-13,15,23H,3,10-11,14H2,1-2H3. The second-order valence-corrected chi connectivity index (χ2v) is 6.91. The van der Waals surface area contributed by atoms with Crippen molar-refractivity contribution in [1.29, 1.82) is 0 Å². The average Bonchev–Trinajstić information content (AvgIpc) is 2.68. The van der Waals surface area contributed by atoms with E-state index in [4.69, 9.17) is 9.15 Å². The lowest BCUT2D eigenvalue weighted by Gasteiger charge is -2.33. The fourth-order valence-corrected chi connectivity index (χ4v) is 3.53. The highest BCUT2D eigenvalue weighted by molar-refractivity contribution is 5.82. The summed E-state index contributed by atoms with van der Waals surface area (Å²) in [6, 6.07) is 15.5. The fourth-order valence-electron chi connectivity index (χ4n) is 3.53. The SMILES string of the molecule is CCOc1ccc(-c2cc(=O)c3cc(N4CCNC(C)C4)ccc3o2)cc1. The quantitative estimate of drug-likeness (QED) is 0.766. The number of benzene rings is 2. The van der Waals surface area contributed by atoms with Crippen molar-refractivity contribution in [2.45, 2.75) is 19.9 Å². The molecule has 1 N–H and O–H groups in total. The van der Waals surface area contributed by atoms with Crippen molar-refractivity contribution in [3.05, 3.63) is 58.8 Å². The molecule has 1 atom stereocenters. The Bertz CT molecular complexity index is 995. The molecular formula is C22H24N2O3. The number of anilines is 1. The zero-order valence-electron chi connectivity index (χ0n) is 15.7. The van der Waals surface area contributed by atoms with Crippen LogP contribution in [0.2, 0.25) is 0 Å². The molecule has 4 rings (SSSR count). The van der Waals surface area contributed by atoms with E-state index in [2.05, 4.69) is 17.1 Å². The maximum atomic E-state index is 12.7. The Morgan fingerprint density at radius 1 is 1.19 bits per heavy atom. The van der Waals surface area contributed by atoms with Crippen LogP contribution in [0.25, 0.3) is 22.3 Å². The van der Waals surface area contributed by atoms with Gasteiger partial charge in [-0.25, -0.2) is 0 Å². The van der Waals surface area contributed by atoms with E-state index < -0.39 is 0 Å². The van der Waals surface area contributed by atoms with Gasteiger partial charge in [-0.15, -0.1) is 0 Å². The van der Waals surface area contributed by atoms with Crippen molar-refractivity contribution in [3.8, 4) is 17.1 Å². The fraction of sp³-hybridized carbons (Fsp3) is 0.318. The number of piperazine rings is 1. The molecular weight excluding hydrogens is 340 g/mol. The Balaban J connectivity index is 1.68. The first kappa shape index (κ1) is 17.6. The van der Waals surface area contributed by atoms with Gasteiger partial charge in [0, 0.05) is 43.0 Å². The molecule has 1 aliphatic heterocycles. The molecule has 0 aliphatic carbocycles. The van der Waals surface area contributed by atoms with Crippen molar-refractivity contribution in [2.75, 3.05) is 31.1 Å². The lowest BCUT2D eigenvalue weighted by atomic mass is 10.1. The number of fused-ring (bicyclic) bond motifs is 1. The van der Waals surface area contributed by atoms with E-state index in [1.54, 1.807) is 6.07 Å². The summed E-state index contributed by atoms with van der Waals surface area (Å²) >= 11 is 0. The zero-order chi connectivity index (χ0) is 18.8. The molecule has 27 heavy (non-hydrogen) atoms. The highest BCUT2D eigenvalue weighted by Crippen LogP contribution is 2.27. The van der Waals surface area contributed by atoms with E-state index in [1.807, 2.05) is 49.4 Å². The molecule has 2 aromatic carbocycles. The highest BCUT2D eigenvalue weighted by Gasteiger charge is 2.17. The van der Waals surface area contributed by atoms with Gasteiger partial charge in [-0.05, 0) is 56.3 Å². The monoisotopic (exact) mass is 364 g/mol. The molecule has 140 valence electrons. The third-order valence-corrected chi connectivity index (χ3v) is 4.89. The lowest BCUT2D eigenvalue weighted by molar-refractivity contribution is 0.340. The van der Waals surface area contributed by atoms with Gasteiger partial charge in [-0.2, -0.15) is 0 Å². The number of hydrogen-bond acceptors (Lipinski definition) is 5. The van der Waals surface area contributed by atoms with Gasteiger partial charge in [0.25, 0.3) is 0 Å². The van der Waals surface area contributed by atoms with Gasteiger partial charge in [0.15, 0.2) is 5.43 Å². The minimum atomic E-state index is -0.0230. The smallest absolute Gasteiger partial charge is 0.193 e. The maximum absolute atomic E-state index is 12.7. The van der Waals surface area contributed by atoms with Gasteiger partial charge in [-0.3, -0.25) is 4.79 Å². The van der Waals surface area contributed by atoms with Crippen molar-refractivity contribution in [2.24, 2.45) is 0 Å². The van der Waals surface area contributed by atoms with E-state index >= 15 is 0 Å². The molecule has 1 unspecified atom stereocenters. The summed E-state index contributed by atoms with van der Waals surface area (Å²) in [5.74, 6) is 1.37. The molecule has 5 heteroatoms. The third-order valence-electron chi connectivity index (χ3n) is 4.89. The largest absolute Gasteiger partial charge is 0.494 e. The minimum Gasteiger partial charge on any atom is -0.494 e. The van der Waals surface area contributed by atoms with E-state index in [-0.39, 0.29) is 5.43 Å². The minimum absolute atomic E-state index is 0.0230. The van der Waals surface area contributed by atoms with Crippen LogP contribution in [0.1, 0.15) is 13.8 Å². The molecule has 1 fully saturated rings. The molecule has 0 spiro atoms. The summed E-state index contributed by atoms with van der Waals surface area (Å²) in [4.78, 5) is 15.0. The summed E-state index contributed by atoms with van der Waals surface area (Å²) in [6.45, 7) is 7.56. The second kappa shape index (κ2) is 7.45. The summed E-state index contributed by atoms with van der Waals surface area (Å²) in [5.41, 5.74) is 2.51. The van der Waals surface area contributed by atoms with Crippen LogP contribution < -0.4 is 20.4 Å². The van der Waals surface area contributed by atoms with Crippen molar-refractivity contribution in [1.82, 2.24) is 5.32 Å². The predicted octanol–water partition coefficient (Wildman–Crippen LogP) is 3.66. The van der Waals surface area contributed by atoms with Crippen LogP contribution in [-0.4, -0.2) is 32.3 Å². The first-order valence-corrected chi connectivity index (χ1v) is 9.43. The Kier molecular flexibility index (Phi) is 4.86. The van der Waals surface area contributed by atoms with E-state index in [0.717, 1.165) is 36.6 Å². The van der Waals surface area contributed by atoms with Crippen LogP contribution in [0, 0.1) is 0 Å². The highest BCUT2D eigenvalue weighted by atomic mass is 16.5. The van der Waals surface area contributed by atoms with Gasteiger partial charge in [0.1, 0.15) is 17.1 Å². The Morgan fingerprint density at radius 2 is 2.00 bits per heavy atom. The topological polar surface area (TPSA) is 54.7 Å². The van der Waals surface area contributed by atoms with E-state index in [1.165, 1.54) is 0 Å². The lowest BCUT2D eigenvalue weighted by Crippen LogP contribution is -2.49. The summed E-state index contributed by atoms with van der Waals surface area (Å²) < 4.78 is 11.5. The molecule has 0 bridgehead atoms. The van der Waals surface area contributed by atoms with Crippen molar-refractivity contribution < 1.29 is 9.15 Å². The number of ether oxygens (including phenoxy) is 1. The molecule has 0 radical (unpaired) electrons. The molecule has 0 amide bonds. The summed E-state index contributed by atoms with van der Waals surface area (Å²) in [6.07, 6.45) is 0. The second-order valence-electron chi connectivity index (χ2n) is 6.91. The van der Waals surface area contributed by atoms with Crippen LogP contribution in [0.15, 0.2) is 57.7 Å². The van der Waals surface area contributed by atoms with E-state index in [0.29, 0.717) is 29.4 Å². The van der Waals surface area contributed by atoms with Crippen LogP contribution >= 0.6 is 0 Å². The van der Waals surface area contributed by atoms with Gasteiger partial charge < -0.3 is 19.4 Å². The molecule has 0 saturated carbocycles.